The summed E-state index contributed by atoms with van der Waals surface area (Å²) in [6.07, 6.45) is 6.89. The van der Waals surface area contributed by atoms with Gasteiger partial charge >= 0.3 is 0 Å². The van der Waals surface area contributed by atoms with Crippen LogP contribution in [0.1, 0.15) is 43.0 Å². The first-order valence-electron chi connectivity index (χ1n) is 9.43. The van der Waals surface area contributed by atoms with E-state index >= 15 is 0 Å². The molecule has 0 saturated heterocycles. The molecule has 1 fully saturated rings. The standard InChI is InChI=1S/C20H17FN4O2S2/c21-11-6-7-14-13(10-11)15(17(26)23-14)16-18(27)25(12-4-2-1-3-5-12)20(29-16)24-19-22-8-9-28-19/h6-10,12,27H,1-5H2/b24-20+. The number of amides is 1. The van der Waals surface area contributed by atoms with E-state index in [2.05, 4.69) is 15.0 Å². The molecule has 1 N–H and O–H groups in total. The van der Waals surface area contributed by atoms with Crippen LogP contribution in [0.25, 0.3) is 5.57 Å². The fraction of sp³-hybridized carbons (Fsp3) is 0.300. The molecule has 0 unspecified atom stereocenters. The zero-order valence-electron chi connectivity index (χ0n) is 15.3. The van der Waals surface area contributed by atoms with Crippen LogP contribution in [0.5, 0.6) is 5.88 Å². The van der Waals surface area contributed by atoms with Crippen LogP contribution >= 0.6 is 22.7 Å². The monoisotopic (exact) mass is 428 g/mol. The van der Waals surface area contributed by atoms with Gasteiger partial charge in [-0.2, -0.15) is 4.99 Å². The molecule has 3 heterocycles. The van der Waals surface area contributed by atoms with E-state index in [9.17, 15) is 14.3 Å². The maximum absolute atomic E-state index is 13.8. The summed E-state index contributed by atoms with van der Waals surface area (Å²) in [5.41, 5.74) is 0.229. The lowest BCUT2D eigenvalue weighted by molar-refractivity contribution is -0.112. The van der Waals surface area contributed by atoms with Gasteiger partial charge in [0.05, 0.1) is 10.9 Å². The Labute approximate surface area is 173 Å². The summed E-state index contributed by atoms with van der Waals surface area (Å²) in [6, 6.07) is 4.16. The third-order valence-electron chi connectivity index (χ3n) is 5.27. The normalized spacial score (nSPS) is 17.6. The largest absolute Gasteiger partial charge is 0.493 e. The Balaban J connectivity index is 1.77. The van der Waals surface area contributed by atoms with Gasteiger partial charge in [0.2, 0.25) is 11.0 Å². The van der Waals surface area contributed by atoms with Crippen LogP contribution in [0, 0.1) is 5.82 Å². The predicted molar refractivity (Wildman–Crippen MR) is 108 cm³/mol. The molecule has 0 atom stereocenters. The summed E-state index contributed by atoms with van der Waals surface area (Å²) >= 11 is 2.62. The first-order chi connectivity index (χ1) is 14.1. The molecule has 148 valence electrons. The molecule has 1 saturated carbocycles. The molecule has 9 heteroatoms. The molecule has 6 nitrogen and oxygen atoms in total. The SMILES string of the molecule is O=C1N=c2ccc(F)cc2=C1c1s/c(=N/c2nccs2)n(C2CCCCC2)c1O. The number of hydrogen-bond acceptors (Lipinski definition) is 6. The molecule has 2 aliphatic rings. The lowest BCUT2D eigenvalue weighted by Gasteiger charge is -2.23. The number of carbonyl (C=O) groups excluding carboxylic acids is 1. The molecule has 1 aliphatic carbocycles. The number of rotatable bonds is 3. The van der Waals surface area contributed by atoms with Gasteiger partial charge in [-0.1, -0.05) is 30.6 Å². The van der Waals surface area contributed by atoms with Crippen LogP contribution < -0.4 is 15.4 Å². The highest BCUT2D eigenvalue weighted by molar-refractivity contribution is 7.13. The molecule has 2 aromatic heterocycles. The maximum atomic E-state index is 13.8. The number of aromatic hydroxyl groups is 1. The number of nitrogens with zero attached hydrogens (tertiary/aromatic N) is 4. The third kappa shape index (κ3) is 3.24. The van der Waals surface area contributed by atoms with Gasteiger partial charge in [-0.3, -0.25) is 9.36 Å². The van der Waals surface area contributed by atoms with Gasteiger partial charge in [-0.25, -0.2) is 14.4 Å². The zero-order valence-corrected chi connectivity index (χ0v) is 17.0. The van der Waals surface area contributed by atoms with E-state index in [1.807, 2.05) is 9.95 Å². The molecule has 0 radical (unpaired) electrons. The molecular formula is C20H17FN4O2S2. The van der Waals surface area contributed by atoms with E-state index in [1.165, 1.54) is 47.3 Å². The lowest BCUT2D eigenvalue weighted by Crippen LogP contribution is -2.23. The van der Waals surface area contributed by atoms with Crippen LogP contribution in [-0.4, -0.2) is 20.6 Å². The Kier molecular flexibility index (Phi) is 4.63. The number of carbonyl (C=O) groups is 1. The Bertz CT molecular complexity index is 1280. The van der Waals surface area contributed by atoms with Crippen LogP contribution in [0.4, 0.5) is 9.52 Å². The Morgan fingerprint density at radius 2 is 2.07 bits per heavy atom. The molecule has 5 rings (SSSR count). The number of thiazole rings is 2. The first-order valence-corrected chi connectivity index (χ1v) is 11.1. The summed E-state index contributed by atoms with van der Waals surface area (Å²) in [7, 11) is 0. The molecule has 1 amide bonds. The van der Waals surface area contributed by atoms with Crippen LogP contribution in [0.3, 0.4) is 0 Å². The molecule has 1 aliphatic heterocycles. The van der Waals surface area contributed by atoms with E-state index < -0.39 is 11.7 Å². The number of aromatic nitrogens is 2. The van der Waals surface area contributed by atoms with Gasteiger partial charge in [0, 0.05) is 22.8 Å². The van der Waals surface area contributed by atoms with Crippen molar-refractivity contribution in [1.82, 2.24) is 9.55 Å². The van der Waals surface area contributed by atoms with Crippen molar-refractivity contribution >= 4 is 39.3 Å². The summed E-state index contributed by atoms with van der Waals surface area (Å²) in [4.78, 5) is 26.5. The van der Waals surface area contributed by atoms with Crippen LogP contribution in [0.2, 0.25) is 0 Å². The number of benzene rings is 1. The van der Waals surface area contributed by atoms with E-state index in [0.29, 0.717) is 25.4 Å². The molecule has 3 aromatic rings. The van der Waals surface area contributed by atoms with Crippen molar-refractivity contribution in [2.45, 2.75) is 38.1 Å². The van der Waals surface area contributed by atoms with Crippen molar-refractivity contribution in [2.75, 3.05) is 0 Å². The fourth-order valence-corrected chi connectivity index (χ4v) is 5.65. The molecule has 0 bridgehead atoms. The van der Waals surface area contributed by atoms with Crippen molar-refractivity contribution in [3.63, 3.8) is 0 Å². The number of halogens is 1. The van der Waals surface area contributed by atoms with Crippen LogP contribution in [-0.2, 0) is 4.79 Å². The number of fused-ring (bicyclic) bond motifs is 1. The second-order valence-corrected chi connectivity index (χ2v) is 8.93. The Morgan fingerprint density at radius 3 is 2.83 bits per heavy atom. The maximum Gasteiger partial charge on any atom is 0.279 e. The van der Waals surface area contributed by atoms with E-state index in [-0.39, 0.29) is 17.5 Å². The minimum atomic E-state index is -0.473. The summed E-state index contributed by atoms with van der Waals surface area (Å²) in [6.45, 7) is 0. The smallest absolute Gasteiger partial charge is 0.279 e. The van der Waals surface area contributed by atoms with Crippen molar-refractivity contribution in [2.24, 2.45) is 9.98 Å². The molecule has 29 heavy (non-hydrogen) atoms. The second-order valence-electron chi connectivity index (χ2n) is 7.08. The minimum absolute atomic E-state index is 0.00660. The Morgan fingerprint density at radius 1 is 1.24 bits per heavy atom. The van der Waals surface area contributed by atoms with Gasteiger partial charge in [-0.15, -0.1) is 11.3 Å². The van der Waals surface area contributed by atoms with Crippen molar-refractivity contribution in [3.05, 3.63) is 55.8 Å². The second kappa shape index (κ2) is 7.31. The molecule has 0 spiro atoms. The average molecular weight is 429 g/mol. The highest BCUT2D eigenvalue weighted by Gasteiger charge is 2.29. The van der Waals surface area contributed by atoms with Crippen molar-refractivity contribution in [3.8, 4) is 5.88 Å². The van der Waals surface area contributed by atoms with Gasteiger partial charge in [0.25, 0.3) is 5.91 Å². The average Bonchev–Trinajstić information content (AvgIpc) is 3.41. The minimum Gasteiger partial charge on any atom is -0.493 e. The zero-order chi connectivity index (χ0) is 20.0. The summed E-state index contributed by atoms with van der Waals surface area (Å²) < 4.78 is 15.7. The number of hydrogen-bond donors (Lipinski definition) is 1. The third-order valence-corrected chi connectivity index (χ3v) is 7.00. The summed E-state index contributed by atoms with van der Waals surface area (Å²) in [5, 5.41) is 14.4. The van der Waals surface area contributed by atoms with Gasteiger partial charge in [0.15, 0.2) is 4.80 Å². The predicted octanol–water partition coefficient (Wildman–Crippen LogP) is 2.95. The lowest BCUT2D eigenvalue weighted by atomic mass is 9.95. The van der Waals surface area contributed by atoms with Gasteiger partial charge in [0.1, 0.15) is 10.7 Å². The van der Waals surface area contributed by atoms with Crippen molar-refractivity contribution in [1.29, 1.82) is 0 Å². The van der Waals surface area contributed by atoms with E-state index in [1.54, 1.807) is 6.20 Å². The van der Waals surface area contributed by atoms with Gasteiger partial charge < -0.3 is 5.11 Å². The Hall–Kier alpha value is -2.65. The molecular weight excluding hydrogens is 411 g/mol. The fourth-order valence-electron chi connectivity index (χ4n) is 3.95. The first kappa shape index (κ1) is 18.4. The topological polar surface area (TPSA) is 79.8 Å². The van der Waals surface area contributed by atoms with E-state index in [0.717, 1.165) is 25.7 Å². The molecule has 1 aromatic carbocycles. The quantitative estimate of drug-likeness (QED) is 0.697. The van der Waals surface area contributed by atoms with Crippen LogP contribution in [0.15, 0.2) is 39.8 Å². The van der Waals surface area contributed by atoms with E-state index in [4.69, 9.17) is 0 Å². The summed E-state index contributed by atoms with van der Waals surface area (Å²) in [5.74, 6) is -0.929. The highest BCUT2D eigenvalue weighted by atomic mass is 32.1. The van der Waals surface area contributed by atoms with Crippen molar-refractivity contribution < 1.29 is 14.3 Å². The highest BCUT2D eigenvalue weighted by Crippen LogP contribution is 2.36. The van der Waals surface area contributed by atoms with Gasteiger partial charge in [-0.05, 0) is 31.0 Å².